The molecule has 3 aromatic rings. The van der Waals surface area contributed by atoms with Gasteiger partial charge in [0.15, 0.2) is 0 Å². The van der Waals surface area contributed by atoms with Crippen molar-refractivity contribution in [3.63, 3.8) is 0 Å². The molecule has 1 atom stereocenters. The Morgan fingerprint density at radius 2 is 1.59 bits per heavy atom. The average Bonchev–Trinajstić information content (AvgIpc) is 2.72. The van der Waals surface area contributed by atoms with Crippen LogP contribution in [-0.4, -0.2) is 27.5 Å². The summed E-state index contributed by atoms with van der Waals surface area (Å²) >= 11 is 0. The highest BCUT2D eigenvalue weighted by Gasteiger charge is 2.29. The lowest BCUT2D eigenvalue weighted by Gasteiger charge is -2.19. The number of benzene rings is 3. The van der Waals surface area contributed by atoms with Gasteiger partial charge in [-0.1, -0.05) is 54.1 Å². The van der Waals surface area contributed by atoms with Crippen molar-refractivity contribution in [2.45, 2.75) is 38.1 Å². The van der Waals surface area contributed by atoms with Crippen molar-refractivity contribution in [1.29, 1.82) is 0 Å². The van der Waals surface area contributed by atoms with Crippen molar-refractivity contribution >= 4 is 21.7 Å². The summed E-state index contributed by atoms with van der Waals surface area (Å²) in [7, 11) is -2.69. The molecule has 1 unspecified atom stereocenters. The average molecular weight is 453 g/mol. The number of ether oxygens (including phenoxy) is 1. The summed E-state index contributed by atoms with van der Waals surface area (Å²) in [6, 6.07) is 17.7. The van der Waals surface area contributed by atoms with E-state index in [2.05, 4.69) is 4.72 Å². The lowest BCUT2D eigenvalue weighted by Crippen LogP contribution is -2.43. The molecule has 0 spiro atoms. The predicted octanol–water partition coefficient (Wildman–Crippen LogP) is 3.92. The number of nitrogens with two attached hydrogens (primary N) is 1. The molecule has 0 saturated carbocycles. The van der Waals surface area contributed by atoms with Gasteiger partial charge in [0.1, 0.15) is 6.04 Å². The van der Waals surface area contributed by atoms with Gasteiger partial charge in [-0.05, 0) is 67.1 Å². The molecule has 0 fully saturated rings. The summed E-state index contributed by atoms with van der Waals surface area (Å²) in [6.07, 6.45) is 0.160. The molecule has 6 nitrogen and oxygen atoms in total. The van der Waals surface area contributed by atoms with Gasteiger partial charge in [-0.25, -0.2) is 8.42 Å². The standard InChI is InChI=1S/C25H28N2O4S/c1-16-12-17(2)24(18(3)13-16)32(29,30)27-23(25(28)31-4)14-19-8-10-20(11-9-19)21-6-5-7-22(26)15-21/h5-13,15,23,27H,14,26H2,1-4H3. The number of methoxy groups -OCH3 is 1. The second kappa shape index (κ2) is 9.54. The van der Waals surface area contributed by atoms with Crippen molar-refractivity contribution < 1.29 is 17.9 Å². The van der Waals surface area contributed by atoms with E-state index in [4.69, 9.17) is 10.5 Å². The number of aryl methyl sites for hydroxylation is 3. The minimum atomic E-state index is -3.93. The fraction of sp³-hybridized carbons (Fsp3) is 0.240. The van der Waals surface area contributed by atoms with Crippen LogP contribution in [0.4, 0.5) is 5.69 Å². The number of carbonyl (C=O) groups is 1. The van der Waals surface area contributed by atoms with Crippen LogP contribution in [0, 0.1) is 20.8 Å². The Balaban J connectivity index is 1.86. The largest absolute Gasteiger partial charge is 0.468 e. The molecule has 3 rings (SSSR count). The van der Waals surface area contributed by atoms with Crippen molar-refractivity contribution in [1.82, 2.24) is 4.72 Å². The first kappa shape index (κ1) is 23.5. The second-order valence-corrected chi connectivity index (χ2v) is 9.60. The Morgan fingerprint density at radius 1 is 0.969 bits per heavy atom. The maximum absolute atomic E-state index is 13.1. The normalized spacial score (nSPS) is 12.4. The first-order chi connectivity index (χ1) is 15.1. The Labute approximate surface area is 189 Å². The van der Waals surface area contributed by atoms with E-state index >= 15 is 0 Å². The first-order valence-corrected chi connectivity index (χ1v) is 11.7. The van der Waals surface area contributed by atoms with Crippen LogP contribution in [0.15, 0.2) is 65.6 Å². The topological polar surface area (TPSA) is 98.5 Å². The fourth-order valence-electron chi connectivity index (χ4n) is 3.94. The molecule has 0 aromatic heterocycles. The summed E-state index contributed by atoms with van der Waals surface area (Å²) in [6.45, 7) is 5.40. The SMILES string of the molecule is COC(=O)C(Cc1ccc(-c2cccc(N)c2)cc1)NS(=O)(=O)c1c(C)cc(C)cc1C. The number of carbonyl (C=O) groups excluding carboxylic acids is 1. The number of hydrogen-bond acceptors (Lipinski definition) is 5. The van der Waals surface area contributed by atoms with Gasteiger partial charge < -0.3 is 10.5 Å². The number of nitrogens with one attached hydrogen (secondary N) is 1. The van der Waals surface area contributed by atoms with E-state index in [1.807, 2.05) is 67.6 Å². The van der Waals surface area contributed by atoms with E-state index in [0.717, 1.165) is 22.3 Å². The Morgan fingerprint density at radius 3 is 2.16 bits per heavy atom. The van der Waals surface area contributed by atoms with Crippen LogP contribution in [0.3, 0.4) is 0 Å². The molecule has 0 heterocycles. The van der Waals surface area contributed by atoms with Crippen molar-refractivity contribution in [2.24, 2.45) is 0 Å². The van der Waals surface area contributed by atoms with Crippen LogP contribution in [0.2, 0.25) is 0 Å². The molecule has 7 heteroatoms. The maximum Gasteiger partial charge on any atom is 0.324 e. The van der Waals surface area contributed by atoms with Gasteiger partial charge in [0.05, 0.1) is 12.0 Å². The van der Waals surface area contributed by atoms with E-state index in [-0.39, 0.29) is 11.3 Å². The zero-order valence-corrected chi connectivity index (χ0v) is 19.5. The molecule has 0 saturated heterocycles. The smallest absolute Gasteiger partial charge is 0.324 e. The highest BCUT2D eigenvalue weighted by atomic mass is 32.2. The van der Waals surface area contributed by atoms with Gasteiger partial charge >= 0.3 is 5.97 Å². The third-order valence-electron chi connectivity index (χ3n) is 5.27. The molecule has 0 radical (unpaired) electrons. The third-order valence-corrected chi connectivity index (χ3v) is 7.05. The van der Waals surface area contributed by atoms with Gasteiger partial charge in [-0.15, -0.1) is 0 Å². The number of anilines is 1. The van der Waals surface area contributed by atoms with E-state index in [0.29, 0.717) is 16.8 Å². The molecular formula is C25H28N2O4S. The number of hydrogen-bond donors (Lipinski definition) is 2. The summed E-state index contributed by atoms with van der Waals surface area (Å²) in [5.41, 5.74) is 11.5. The Kier molecular flexibility index (Phi) is 7.01. The summed E-state index contributed by atoms with van der Waals surface area (Å²) < 4.78 is 33.7. The first-order valence-electron chi connectivity index (χ1n) is 10.2. The Bertz CT molecular complexity index is 1210. The molecule has 3 aromatic carbocycles. The molecule has 0 aliphatic rings. The highest BCUT2D eigenvalue weighted by molar-refractivity contribution is 7.89. The maximum atomic E-state index is 13.1. The van der Waals surface area contributed by atoms with E-state index < -0.39 is 22.0 Å². The lowest BCUT2D eigenvalue weighted by atomic mass is 10.0. The monoisotopic (exact) mass is 452 g/mol. The summed E-state index contributed by atoms with van der Waals surface area (Å²) in [4.78, 5) is 12.6. The zero-order valence-electron chi connectivity index (χ0n) is 18.7. The van der Waals surface area contributed by atoms with Gasteiger partial charge in [0, 0.05) is 5.69 Å². The van der Waals surface area contributed by atoms with Crippen molar-refractivity contribution in [3.05, 3.63) is 82.9 Å². The zero-order chi connectivity index (χ0) is 23.5. The molecule has 168 valence electrons. The molecule has 0 amide bonds. The molecule has 0 aliphatic carbocycles. The fourth-order valence-corrected chi connectivity index (χ4v) is 5.58. The van der Waals surface area contributed by atoms with Crippen LogP contribution in [0.25, 0.3) is 11.1 Å². The highest BCUT2D eigenvalue weighted by Crippen LogP contribution is 2.24. The van der Waals surface area contributed by atoms with Crippen LogP contribution < -0.4 is 10.5 Å². The minimum Gasteiger partial charge on any atom is -0.468 e. The van der Waals surface area contributed by atoms with Gasteiger partial charge in [-0.2, -0.15) is 4.72 Å². The van der Waals surface area contributed by atoms with E-state index in [1.165, 1.54) is 7.11 Å². The second-order valence-electron chi connectivity index (χ2n) is 7.95. The number of esters is 1. The molecule has 0 bridgehead atoms. The molecule has 3 N–H and O–H groups in total. The molecule has 0 aliphatic heterocycles. The Hall–Kier alpha value is -3.16. The number of nitrogen functional groups attached to an aromatic ring is 1. The van der Waals surface area contributed by atoms with E-state index in [1.54, 1.807) is 13.8 Å². The van der Waals surface area contributed by atoms with Crippen molar-refractivity contribution in [2.75, 3.05) is 12.8 Å². The lowest BCUT2D eigenvalue weighted by molar-refractivity contribution is -0.142. The van der Waals surface area contributed by atoms with Crippen LogP contribution in [0.1, 0.15) is 22.3 Å². The predicted molar refractivity (Wildman–Crippen MR) is 127 cm³/mol. The molecular weight excluding hydrogens is 424 g/mol. The van der Waals surface area contributed by atoms with Crippen molar-refractivity contribution in [3.8, 4) is 11.1 Å². The number of sulfonamides is 1. The third kappa shape index (κ3) is 5.36. The van der Waals surface area contributed by atoms with Crippen LogP contribution in [-0.2, 0) is 26.0 Å². The quantitative estimate of drug-likeness (QED) is 0.418. The van der Waals surface area contributed by atoms with Crippen LogP contribution >= 0.6 is 0 Å². The van der Waals surface area contributed by atoms with Gasteiger partial charge in [-0.3, -0.25) is 4.79 Å². The summed E-state index contributed by atoms with van der Waals surface area (Å²) in [5, 5.41) is 0. The van der Waals surface area contributed by atoms with Crippen LogP contribution in [0.5, 0.6) is 0 Å². The van der Waals surface area contributed by atoms with Gasteiger partial charge in [0.25, 0.3) is 0 Å². The van der Waals surface area contributed by atoms with E-state index in [9.17, 15) is 13.2 Å². The van der Waals surface area contributed by atoms with Gasteiger partial charge in [0.2, 0.25) is 10.0 Å². The number of rotatable bonds is 7. The minimum absolute atomic E-state index is 0.160. The molecule has 32 heavy (non-hydrogen) atoms. The summed E-state index contributed by atoms with van der Waals surface area (Å²) in [5.74, 6) is -0.643.